The van der Waals surface area contributed by atoms with E-state index in [4.69, 9.17) is 0 Å². The molecule has 3 fully saturated rings. The summed E-state index contributed by atoms with van der Waals surface area (Å²) in [6.45, 7) is 0. The molecule has 27 heavy (non-hydrogen) atoms. The van der Waals surface area contributed by atoms with Gasteiger partial charge in [0.1, 0.15) is 11.7 Å². The summed E-state index contributed by atoms with van der Waals surface area (Å²) in [6.07, 6.45) is 6.19. The molecule has 144 valence electrons. The van der Waals surface area contributed by atoms with Crippen molar-refractivity contribution in [2.75, 3.05) is 5.32 Å². The first-order chi connectivity index (χ1) is 13.0. The molecule has 2 saturated carbocycles. The second-order valence-corrected chi connectivity index (χ2v) is 7.82. The van der Waals surface area contributed by atoms with E-state index in [1.165, 1.54) is 11.0 Å². The first kappa shape index (κ1) is 17.8. The molecule has 0 radical (unpaired) electrons. The zero-order valence-electron chi connectivity index (χ0n) is 15.0. The van der Waals surface area contributed by atoms with Crippen LogP contribution in [0.5, 0.6) is 0 Å². The molecule has 1 amide bonds. The predicted octanol–water partition coefficient (Wildman–Crippen LogP) is 3.03. The van der Waals surface area contributed by atoms with Gasteiger partial charge in [-0.1, -0.05) is 12.8 Å². The van der Waals surface area contributed by atoms with Crippen LogP contribution in [0.1, 0.15) is 55.3 Å². The zero-order valence-corrected chi connectivity index (χ0v) is 15.0. The molecule has 3 atom stereocenters. The van der Waals surface area contributed by atoms with E-state index >= 15 is 0 Å². The standard InChI is InChI=1S/C19H23N3O5/c23-18(21-15-4-2-1-3-11(15)9-17(21)19(24)25)12-5-8-14(20-13-6-7-13)16(10-12)22(26)27/h5,8,10-11,13,15,17,20H,1-4,6-7,9H2,(H,24,25). The molecular formula is C19H23N3O5. The van der Waals surface area contributed by atoms with E-state index in [0.29, 0.717) is 12.1 Å². The number of nitro benzene ring substituents is 1. The van der Waals surface area contributed by atoms with Crippen molar-refractivity contribution < 1.29 is 19.6 Å². The number of carboxylic acid groups (broad SMARTS) is 1. The molecule has 4 rings (SSSR count). The second-order valence-electron chi connectivity index (χ2n) is 7.82. The summed E-state index contributed by atoms with van der Waals surface area (Å²) in [6, 6.07) is 3.72. The molecule has 8 heteroatoms. The Morgan fingerprint density at radius 3 is 2.59 bits per heavy atom. The number of hydrogen-bond acceptors (Lipinski definition) is 5. The van der Waals surface area contributed by atoms with Crippen LogP contribution in [0.3, 0.4) is 0 Å². The third kappa shape index (κ3) is 3.36. The number of anilines is 1. The molecule has 1 saturated heterocycles. The molecule has 8 nitrogen and oxygen atoms in total. The van der Waals surface area contributed by atoms with Gasteiger partial charge in [0, 0.05) is 23.7 Å². The molecule has 2 aliphatic carbocycles. The van der Waals surface area contributed by atoms with Gasteiger partial charge in [-0.15, -0.1) is 0 Å². The number of rotatable bonds is 5. The Kier molecular flexibility index (Phi) is 4.49. The van der Waals surface area contributed by atoms with Crippen molar-refractivity contribution in [3.8, 4) is 0 Å². The number of benzene rings is 1. The number of hydrogen-bond donors (Lipinski definition) is 2. The van der Waals surface area contributed by atoms with Gasteiger partial charge in [-0.05, 0) is 50.2 Å². The maximum Gasteiger partial charge on any atom is 0.326 e. The quantitative estimate of drug-likeness (QED) is 0.606. The smallest absolute Gasteiger partial charge is 0.326 e. The second kappa shape index (κ2) is 6.83. The van der Waals surface area contributed by atoms with E-state index in [1.807, 2.05) is 0 Å². The normalized spacial score (nSPS) is 27.1. The van der Waals surface area contributed by atoms with E-state index in [1.54, 1.807) is 12.1 Å². The highest BCUT2D eigenvalue weighted by Gasteiger charge is 2.47. The first-order valence-corrected chi connectivity index (χ1v) is 9.56. The van der Waals surface area contributed by atoms with Gasteiger partial charge >= 0.3 is 5.97 Å². The van der Waals surface area contributed by atoms with Crippen LogP contribution in [0.25, 0.3) is 0 Å². The number of nitrogens with one attached hydrogen (secondary N) is 1. The van der Waals surface area contributed by atoms with Gasteiger partial charge in [-0.2, -0.15) is 0 Å². The molecule has 1 aromatic rings. The average molecular weight is 373 g/mol. The highest BCUT2D eigenvalue weighted by atomic mass is 16.6. The molecule has 0 bridgehead atoms. The number of carbonyl (C=O) groups is 2. The summed E-state index contributed by atoms with van der Waals surface area (Å²) in [7, 11) is 0. The molecule has 1 aromatic carbocycles. The van der Waals surface area contributed by atoms with Crippen LogP contribution in [0, 0.1) is 16.0 Å². The molecular weight excluding hydrogens is 350 g/mol. The van der Waals surface area contributed by atoms with E-state index in [-0.39, 0.29) is 29.3 Å². The van der Waals surface area contributed by atoms with Gasteiger partial charge < -0.3 is 15.3 Å². The molecule has 0 aromatic heterocycles. The van der Waals surface area contributed by atoms with E-state index < -0.39 is 22.8 Å². The summed E-state index contributed by atoms with van der Waals surface area (Å²) < 4.78 is 0. The lowest BCUT2D eigenvalue weighted by atomic mass is 9.84. The van der Waals surface area contributed by atoms with Gasteiger partial charge in [0.05, 0.1) is 4.92 Å². The van der Waals surface area contributed by atoms with Crippen LogP contribution in [-0.4, -0.2) is 44.9 Å². The van der Waals surface area contributed by atoms with Crippen LogP contribution >= 0.6 is 0 Å². The van der Waals surface area contributed by atoms with Crippen LogP contribution in [0.4, 0.5) is 11.4 Å². The third-order valence-corrected chi connectivity index (χ3v) is 5.99. The molecule has 2 N–H and O–H groups in total. The molecule has 0 spiro atoms. The van der Waals surface area contributed by atoms with Crippen LogP contribution in [-0.2, 0) is 4.79 Å². The number of likely N-dealkylation sites (tertiary alicyclic amines) is 1. The lowest BCUT2D eigenvalue weighted by molar-refractivity contribution is -0.384. The maximum atomic E-state index is 13.2. The number of carboxylic acids is 1. The summed E-state index contributed by atoms with van der Waals surface area (Å²) in [5, 5.41) is 24.2. The minimum Gasteiger partial charge on any atom is -0.480 e. The van der Waals surface area contributed by atoms with Gasteiger partial charge in [0.25, 0.3) is 11.6 Å². The monoisotopic (exact) mass is 373 g/mol. The predicted molar refractivity (Wildman–Crippen MR) is 97.7 cm³/mol. The van der Waals surface area contributed by atoms with Crippen LogP contribution in [0.2, 0.25) is 0 Å². The number of nitrogens with zero attached hydrogens (tertiary/aromatic N) is 2. The van der Waals surface area contributed by atoms with Crippen LogP contribution < -0.4 is 5.32 Å². The Bertz CT molecular complexity index is 792. The maximum absolute atomic E-state index is 13.2. The third-order valence-electron chi connectivity index (χ3n) is 5.99. The van der Waals surface area contributed by atoms with Crippen molar-refractivity contribution in [3.05, 3.63) is 33.9 Å². The Morgan fingerprint density at radius 2 is 1.93 bits per heavy atom. The summed E-state index contributed by atoms with van der Waals surface area (Å²) in [5.41, 5.74) is 0.449. The zero-order chi connectivity index (χ0) is 19.1. The Labute approximate surface area is 156 Å². The Hall–Kier alpha value is -2.64. The van der Waals surface area contributed by atoms with Gasteiger partial charge in [0.15, 0.2) is 0 Å². The average Bonchev–Trinajstić information content (AvgIpc) is 3.37. The number of nitro groups is 1. The minimum atomic E-state index is -1.00. The van der Waals surface area contributed by atoms with Crippen molar-refractivity contribution in [2.24, 2.45) is 5.92 Å². The summed E-state index contributed by atoms with van der Waals surface area (Å²) in [5.74, 6) is -1.22. The number of carbonyl (C=O) groups excluding carboxylic acids is 1. The first-order valence-electron chi connectivity index (χ1n) is 9.56. The Morgan fingerprint density at radius 1 is 1.19 bits per heavy atom. The molecule has 3 aliphatic rings. The van der Waals surface area contributed by atoms with Crippen LogP contribution in [0.15, 0.2) is 18.2 Å². The minimum absolute atomic E-state index is 0.0873. The SMILES string of the molecule is O=C(O)C1CC2CCCCC2N1C(=O)c1ccc(NC2CC2)c([N+](=O)[O-])c1. The number of amides is 1. The highest BCUT2D eigenvalue weighted by molar-refractivity contribution is 5.98. The van der Waals surface area contributed by atoms with Crippen molar-refractivity contribution in [1.29, 1.82) is 0 Å². The topological polar surface area (TPSA) is 113 Å². The lowest BCUT2D eigenvalue weighted by Gasteiger charge is -2.33. The van der Waals surface area contributed by atoms with E-state index in [9.17, 15) is 24.8 Å². The largest absolute Gasteiger partial charge is 0.480 e. The molecule has 3 unspecified atom stereocenters. The lowest BCUT2D eigenvalue weighted by Crippen LogP contribution is -2.46. The van der Waals surface area contributed by atoms with E-state index in [2.05, 4.69) is 5.32 Å². The summed E-state index contributed by atoms with van der Waals surface area (Å²) >= 11 is 0. The van der Waals surface area contributed by atoms with E-state index in [0.717, 1.165) is 38.5 Å². The fourth-order valence-electron chi connectivity index (χ4n) is 4.51. The van der Waals surface area contributed by atoms with Crippen molar-refractivity contribution in [3.63, 3.8) is 0 Å². The summed E-state index contributed by atoms with van der Waals surface area (Å²) in [4.78, 5) is 37.3. The number of fused-ring (bicyclic) bond motifs is 1. The van der Waals surface area contributed by atoms with Crippen molar-refractivity contribution in [2.45, 2.75) is 63.1 Å². The molecule has 1 heterocycles. The van der Waals surface area contributed by atoms with Gasteiger partial charge in [0.2, 0.25) is 0 Å². The number of aliphatic carboxylic acids is 1. The molecule has 1 aliphatic heterocycles. The fourth-order valence-corrected chi connectivity index (χ4v) is 4.51. The van der Waals surface area contributed by atoms with Crippen molar-refractivity contribution in [1.82, 2.24) is 4.90 Å². The highest BCUT2D eigenvalue weighted by Crippen LogP contribution is 2.41. The van der Waals surface area contributed by atoms with Gasteiger partial charge in [-0.25, -0.2) is 4.79 Å². The van der Waals surface area contributed by atoms with Gasteiger partial charge in [-0.3, -0.25) is 14.9 Å². The fraction of sp³-hybridized carbons (Fsp3) is 0.579. The van der Waals surface area contributed by atoms with Crippen molar-refractivity contribution >= 4 is 23.3 Å². The Balaban J connectivity index is 1.65.